The Bertz CT molecular complexity index is 1120. The first kappa shape index (κ1) is 21.6. The van der Waals surface area contributed by atoms with E-state index >= 15 is 0 Å². The van der Waals surface area contributed by atoms with Crippen molar-refractivity contribution in [1.82, 2.24) is 5.32 Å². The third-order valence-electron chi connectivity index (χ3n) is 3.99. The van der Waals surface area contributed by atoms with Crippen LogP contribution >= 0.6 is 11.6 Å². The number of carbonyl (C=O) groups is 1. The molecule has 156 valence electrons. The van der Waals surface area contributed by atoms with E-state index in [-0.39, 0.29) is 40.1 Å². The molecule has 0 bridgehead atoms. The van der Waals surface area contributed by atoms with E-state index in [9.17, 15) is 17.6 Å². The van der Waals surface area contributed by atoms with Gasteiger partial charge in [-0.3, -0.25) is 9.52 Å². The molecule has 3 aromatic carbocycles. The summed E-state index contributed by atoms with van der Waals surface area (Å²) in [4.78, 5) is 12.4. The van der Waals surface area contributed by atoms with Crippen LogP contribution in [0.5, 0.6) is 5.75 Å². The van der Waals surface area contributed by atoms with Gasteiger partial charge in [-0.15, -0.1) is 0 Å². The Hall–Kier alpha value is -3.10. The minimum Gasteiger partial charge on any atom is -0.492 e. The van der Waals surface area contributed by atoms with Crippen molar-refractivity contribution < 1.29 is 22.3 Å². The lowest BCUT2D eigenvalue weighted by Crippen LogP contribution is -2.28. The average Bonchev–Trinajstić information content (AvgIpc) is 2.73. The Balaban J connectivity index is 1.56. The van der Waals surface area contributed by atoms with Crippen LogP contribution in [0.4, 0.5) is 10.1 Å². The first-order valence-corrected chi connectivity index (χ1v) is 10.8. The van der Waals surface area contributed by atoms with Gasteiger partial charge in [0.15, 0.2) is 0 Å². The molecular weight excluding hydrogens is 431 g/mol. The van der Waals surface area contributed by atoms with Crippen LogP contribution in [0.2, 0.25) is 5.02 Å². The van der Waals surface area contributed by atoms with Crippen molar-refractivity contribution in [2.45, 2.75) is 4.90 Å². The maximum absolute atomic E-state index is 12.8. The second kappa shape index (κ2) is 9.60. The lowest BCUT2D eigenvalue weighted by molar-refractivity contribution is 0.0947. The molecule has 9 heteroatoms. The summed E-state index contributed by atoms with van der Waals surface area (Å²) in [5.74, 6) is -0.307. The van der Waals surface area contributed by atoms with Crippen LogP contribution in [0.15, 0.2) is 77.7 Å². The van der Waals surface area contributed by atoms with Crippen LogP contribution in [-0.2, 0) is 10.0 Å². The molecule has 0 unspecified atom stereocenters. The Morgan fingerprint density at radius 1 is 1.00 bits per heavy atom. The van der Waals surface area contributed by atoms with E-state index in [0.717, 1.165) is 0 Å². The molecule has 0 radical (unpaired) electrons. The van der Waals surface area contributed by atoms with Gasteiger partial charge in [-0.05, 0) is 54.6 Å². The van der Waals surface area contributed by atoms with Crippen molar-refractivity contribution in [3.8, 4) is 5.75 Å². The second-order valence-electron chi connectivity index (χ2n) is 6.17. The van der Waals surface area contributed by atoms with Crippen LogP contribution in [-0.4, -0.2) is 27.5 Å². The minimum atomic E-state index is -3.76. The molecule has 2 N–H and O–H groups in total. The number of nitrogens with one attached hydrogen (secondary N) is 2. The summed E-state index contributed by atoms with van der Waals surface area (Å²) >= 11 is 6.16. The molecule has 0 aliphatic carbocycles. The summed E-state index contributed by atoms with van der Waals surface area (Å²) in [6.45, 7) is 0.388. The number of rotatable bonds is 8. The largest absolute Gasteiger partial charge is 0.492 e. The number of anilines is 1. The van der Waals surface area contributed by atoms with Gasteiger partial charge in [-0.1, -0.05) is 29.8 Å². The number of amides is 1. The van der Waals surface area contributed by atoms with Crippen LogP contribution in [0.1, 0.15) is 10.4 Å². The molecule has 0 heterocycles. The quantitative estimate of drug-likeness (QED) is 0.508. The fourth-order valence-electron chi connectivity index (χ4n) is 2.54. The fourth-order valence-corrected chi connectivity index (χ4v) is 3.87. The van der Waals surface area contributed by atoms with Gasteiger partial charge in [0.2, 0.25) is 0 Å². The third kappa shape index (κ3) is 5.71. The normalized spacial score (nSPS) is 11.0. The van der Waals surface area contributed by atoms with Crippen LogP contribution in [0, 0.1) is 5.82 Å². The molecule has 0 spiro atoms. The second-order valence-corrected chi connectivity index (χ2v) is 8.26. The molecule has 0 aliphatic heterocycles. The van der Waals surface area contributed by atoms with E-state index in [1.54, 1.807) is 18.2 Å². The molecule has 6 nitrogen and oxygen atoms in total. The highest BCUT2D eigenvalue weighted by Gasteiger charge is 2.16. The third-order valence-corrected chi connectivity index (χ3v) is 5.70. The Morgan fingerprint density at radius 3 is 2.37 bits per heavy atom. The molecule has 30 heavy (non-hydrogen) atoms. The van der Waals surface area contributed by atoms with Gasteiger partial charge in [-0.2, -0.15) is 0 Å². The van der Waals surface area contributed by atoms with E-state index in [1.165, 1.54) is 54.6 Å². The summed E-state index contributed by atoms with van der Waals surface area (Å²) in [6.07, 6.45) is 0. The van der Waals surface area contributed by atoms with Crippen molar-refractivity contribution in [3.63, 3.8) is 0 Å². The summed E-state index contributed by atoms with van der Waals surface area (Å²) in [7, 11) is -3.76. The number of hydrogen-bond acceptors (Lipinski definition) is 4. The Kier molecular flexibility index (Phi) is 6.91. The number of halogens is 2. The molecule has 0 saturated carbocycles. The van der Waals surface area contributed by atoms with Gasteiger partial charge in [0.25, 0.3) is 15.9 Å². The predicted octanol–water partition coefficient (Wildman–Crippen LogP) is 4.09. The average molecular weight is 449 g/mol. The monoisotopic (exact) mass is 448 g/mol. The Morgan fingerprint density at radius 2 is 1.70 bits per heavy atom. The summed E-state index contributed by atoms with van der Waals surface area (Å²) in [5, 5.41) is 2.75. The zero-order valence-electron chi connectivity index (χ0n) is 15.6. The van der Waals surface area contributed by atoms with E-state index in [2.05, 4.69) is 10.0 Å². The van der Waals surface area contributed by atoms with Crippen molar-refractivity contribution in [2.75, 3.05) is 17.9 Å². The highest BCUT2D eigenvalue weighted by Crippen LogP contribution is 2.23. The fraction of sp³-hybridized carbons (Fsp3) is 0.0952. The molecule has 0 saturated heterocycles. The number of sulfonamides is 1. The maximum atomic E-state index is 12.8. The first-order valence-electron chi connectivity index (χ1n) is 8.89. The topological polar surface area (TPSA) is 84.5 Å². The van der Waals surface area contributed by atoms with E-state index < -0.39 is 15.9 Å². The molecule has 0 aromatic heterocycles. The maximum Gasteiger partial charge on any atom is 0.261 e. The van der Waals surface area contributed by atoms with Gasteiger partial charge < -0.3 is 10.1 Å². The molecule has 3 rings (SSSR count). The van der Waals surface area contributed by atoms with Gasteiger partial charge in [-0.25, -0.2) is 12.8 Å². The van der Waals surface area contributed by atoms with Crippen molar-refractivity contribution >= 4 is 33.2 Å². The summed E-state index contributed by atoms with van der Waals surface area (Å²) in [6, 6.07) is 17.7. The van der Waals surface area contributed by atoms with Crippen molar-refractivity contribution in [2.24, 2.45) is 0 Å². The summed E-state index contributed by atoms with van der Waals surface area (Å²) < 4.78 is 45.4. The van der Waals surface area contributed by atoms with Crippen LogP contribution < -0.4 is 14.8 Å². The zero-order chi connectivity index (χ0) is 21.6. The number of ether oxygens (including phenoxy) is 1. The van der Waals surface area contributed by atoms with Gasteiger partial charge in [0.1, 0.15) is 18.2 Å². The highest BCUT2D eigenvalue weighted by atomic mass is 35.5. The SMILES string of the molecule is O=C(NCCOc1ccc(F)cc1)c1ccc(NS(=O)(=O)c2ccccc2)cc1Cl. The van der Waals surface area contributed by atoms with Crippen LogP contribution in [0.3, 0.4) is 0 Å². The van der Waals surface area contributed by atoms with E-state index in [4.69, 9.17) is 16.3 Å². The number of benzene rings is 3. The molecular formula is C21H18ClFN2O4S. The summed E-state index contributed by atoms with van der Waals surface area (Å²) in [5.41, 5.74) is 0.432. The lowest BCUT2D eigenvalue weighted by atomic mass is 10.2. The Labute approximate surface area is 178 Å². The smallest absolute Gasteiger partial charge is 0.261 e. The highest BCUT2D eigenvalue weighted by molar-refractivity contribution is 7.92. The molecule has 0 atom stereocenters. The first-order chi connectivity index (χ1) is 14.3. The predicted molar refractivity (Wildman–Crippen MR) is 113 cm³/mol. The molecule has 3 aromatic rings. The number of hydrogen-bond donors (Lipinski definition) is 2. The minimum absolute atomic E-state index is 0.0974. The van der Waals surface area contributed by atoms with Crippen LogP contribution in [0.25, 0.3) is 0 Å². The van der Waals surface area contributed by atoms with Gasteiger partial charge in [0.05, 0.1) is 27.7 Å². The number of carbonyl (C=O) groups excluding carboxylic acids is 1. The van der Waals surface area contributed by atoms with Gasteiger partial charge >= 0.3 is 0 Å². The lowest BCUT2D eigenvalue weighted by Gasteiger charge is -2.11. The molecule has 0 aliphatic rings. The van der Waals surface area contributed by atoms with Crippen molar-refractivity contribution in [3.05, 3.63) is 89.2 Å². The molecule has 1 amide bonds. The van der Waals surface area contributed by atoms with Crippen molar-refractivity contribution in [1.29, 1.82) is 0 Å². The van der Waals surface area contributed by atoms with E-state index in [0.29, 0.717) is 5.75 Å². The van der Waals surface area contributed by atoms with E-state index in [1.807, 2.05) is 0 Å². The zero-order valence-corrected chi connectivity index (χ0v) is 17.2. The standard InChI is InChI=1S/C21H18ClFN2O4S/c22-20-14-16(25-30(27,28)18-4-2-1-3-5-18)8-11-19(20)21(26)24-12-13-29-17-9-6-15(23)7-10-17/h1-11,14,25H,12-13H2,(H,24,26). The van der Waals surface area contributed by atoms with Gasteiger partial charge in [0, 0.05) is 0 Å². The molecule has 0 fully saturated rings.